The van der Waals surface area contributed by atoms with Crippen molar-refractivity contribution in [3.8, 4) is 0 Å². The lowest BCUT2D eigenvalue weighted by Crippen LogP contribution is -2.04. The van der Waals surface area contributed by atoms with Crippen molar-refractivity contribution in [2.75, 3.05) is 0 Å². The van der Waals surface area contributed by atoms with E-state index in [0.717, 1.165) is 12.8 Å². The van der Waals surface area contributed by atoms with Gasteiger partial charge in [0.15, 0.2) is 0 Å². The second-order valence-electron chi connectivity index (χ2n) is 3.29. The molecule has 0 bridgehead atoms. The van der Waals surface area contributed by atoms with E-state index in [9.17, 15) is 9.90 Å². The van der Waals surface area contributed by atoms with Crippen molar-refractivity contribution in [2.45, 2.75) is 18.9 Å². The molecule has 1 heterocycles. The molecular weight excluding hydrogens is 188 g/mol. The smallest absolute Gasteiger partial charge is 0.336 e. The third-order valence-corrected chi connectivity index (χ3v) is 3.25. The molecule has 1 fully saturated rings. The normalized spacial score (nSPS) is 18.5. The van der Waals surface area contributed by atoms with Crippen LogP contribution in [0, 0.1) is 5.92 Å². The van der Waals surface area contributed by atoms with Gasteiger partial charge in [-0.05, 0) is 30.2 Å². The summed E-state index contributed by atoms with van der Waals surface area (Å²) in [5, 5.41) is 20.2. The summed E-state index contributed by atoms with van der Waals surface area (Å²) in [5.74, 6) is -0.660. The molecule has 1 aromatic rings. The average molecular weight is 198 g/mol. The topological polar surface area (TPSA) is 57.5 Å². The number of carboxylic acids is 1. The summed E-state index contributed by atoms with van der Waals surface area (Å²) in [4.78, 5) is 11.3. The summed E-state index contributed by atoms with van der Waals surface area (Å²) in [6.07, 6.45) is 1.46. The number of hydrogen-bond acceptors (Lipinski definition) is 3. The maximum atomic E-state index is 10.7. The van der Waals surface area contributed by atoms with Crippen LogP contribution >= 0.6 is 11.3 Å². The van der Waals surface area contributed by atoms with Crippen LogP contribution in [0.5, 0.6) is 0 Å². The number of rotatable bonds is 3. The molecule has 0 radical (unpaired) electrons. The molecule has 2 N–H and O–H groups in total. The van der Waals surface area contributed by atoms with Crippen LogP contribution in [-0.4, -0.2) is 16.2 Å². The summed E-state index contributed by atoms with van der Waals surface area (Å²) < 4.78 is 0. The summed E-state index contributed by atoms with van der Waals surface area (Å²) in [5.41, 5.74) is 0.254. The third-order valence-electron chi connectivity index (χ3n) is 2.26. The van der Waals surface area contributed by atoms with Gasteiger partial charge in [0.1, 0.15) is 0 Å². The Bertz CT molecular complexity index is 327. The van der Waals surface area contributed by atoms with Crippen LogP contribution < -0.4 is 0 Å². The zero-order valence-corrected chi connectivity index (χ0v) is 7.75. The molecule has 0 spiro atoms. The molecule has 3 nitrogen and oxygen atoms in total. The lowest BCUT2D eigenvalue weighted by molar-refractivity contribution is 0.0688. The number of thiophene rings is 1. The van der Waals surface area contributed by atoms with Gasteiger partial charge in [0, 0.05) is 4.88 Å². The van der Waals surface area contributed by atoms with Crippen LogP contribution in [0.25, 0.3) is 0 Å². The van der Waals surface area contributed by atoms with Crippen molar-refractivity contribution in [2.24, 2.45) is 5.92 Å². The monoisotopic (exact) mass is 198 g/mol. The largest absolute Gasteiger partial charge is 0.478 e. The van der Waals surface area contributed by atoms with Crippen LogP contribution in [0.15, 0.2) is 11.4 Å². The molecule has 13 heavy (non-hydrogen) atoms. The van der Waals surface area contributed by atoms with Crippen LogP contribution in [0.2, 0.25) is 0 Å². The van der Waals surface area contributed by atoms with Gasteiger partial charge < -0.3 is 10.2 Å². The first kappa shape index (κ1) is 8.72. The van der Waals surface area contributed by atoms with E-state index < -0.39 is 12.1 Å². The molecule has 1 aliphatic carbocycles. The number of hydrogen-bond donors (Lipinski definition) is 2. The predicted molar refractivity (Wildman–Crippen MR) is 49.0 cm³/mol. The number of carboxylic acid groups (broad SMARTS) is 1. The Morgan fingerprint density at radius 2 is 2.31 bits per heavy atom. The van der Waals surface area contributed by atoms with Gasteiger partial charge in [-0.2, -0.15) is 0 Å². The summed E-state index contributed by atoms with van der Waals surface area (Å²) in [6, 6.07) is 1.55. The van der Waals surface area contributed by atoms with E-state index >= 15 is 0 Å². The Kier molecular flexibility index (Phi) is 2.09. The first-order valence-electron chi connectivity index (χ1n) is 4.19. The standard InChI is InChI=1S/C9H10O3S/c10-7(5-1-2-5)8-6(9(11)12)3-4-13-8/h3-5,7,10H,1-2H2,(H,11,12). The van der Waals surface area contributed by atoms with Crippen LogP contribution in [0.1, 0.15) is 34.2 Å². The zero-order chi connectivity index (χ0) is 9.42. The van der Waals surface area contributed by atoms with Gasteiger partial charge in [-0.25, -0.2) is 4.79 Å². The number of carbonyl (C=O) groups is 1. The lowest BCUT2D eigenvalue weighted by Gasteiger charge is -2.07. The average Bonchev–Trinajstić information content (AvgIpc) is 2.80. The minimum absolute atomic E-state index is 0.254. The first-order valence-corrected chi connectivity index (χ1v) is 5.07. The number of aliphatic hydroxyl groups is 1. The SMILES string of the molecule is O=C(O)c1ccsc1C(O)C1CC1. The fourth-order valence-corrected chi connectivity index (χ4v) is 2.32. The Morgan fingerprint density at radius 1 is 1.62 bits per heavy atom. The van der Waals surface area contributed by atoms with Crippen molar-refractivity contribution in [1.82, 2.24) is 0 Å². The van der Waals surface area contributed by atoms with Gasteiger partial charge in [-0.3, -0.25) is 0 Å². The molecule has 70 valence electrons. The maximum Gasteiger partial charge on any atom is 0.336 e. The highest BCUT2D eigenvalue weighted by Crippen LogP contribution is 2.43. The number of aliphatic hydroxyl groups excluding tert-OH is 1. The van der Waals surface area contributed by atoms with E-state index in [2.05, 4.69) is 0 Å². The van der Waals surface area contributed by atoms with Crippen molar-refractivity contribution in [3.05, 3.63) is 21.9 Å². The molecule has 1 unspecified atom stereocenters. The van der Waals surface area contributed by atoms with Crippen LogP contribution in [-0.2, 0) is 0 Å². The van der Waals surface area contributed by atoms with E-state index in [1.165, 1.54) is 11.3 Å². The van der Waals surface area contributed by atoms with Gasteiger partial charge in [0.05, 0.1) is 11.7 Å². The number of aromatic carboxylic acids is 1. The third kappa shape index (κ3) is 1.59. The van der Waals surface area contributed by atoms with Gasteiger partial charge >= 0.3 is 5.97 Å². The van der Waals surface area contributed by atoms with E-state index in [0.29, 0.717) is 4.88 Å². The van der Waals surface area contributed by atoms with E-state index in [1.54, 1.807) is 11.4 Å². The Morgan fingerprint density at radius 3 is 2.85 bits per heavy atom. The molecule has 1 atom stereocenters. The molecule has 1 aromatic heterocycles. The van der Waals surface area contributed by atoms with Crippen molar-refractivity contribution in [1.29, 1.82) is 0 Å². The first-order chi connectivity index (χ1) is 6.20. The summed E-state index contributed by atoms with van der Waals surface area (Å²) in [7, 11) is 0. The summed E-state index contributed by atoms with van der Waals surface area (Å²) in [6.45, 7) is 0. The van der Waals surface area contributed by atoms with Crippen molar-refractivity contribution < 1.29 is 15.0 Å². The van der Waals surface area contributed by atoms with Gasteiger partial charge in [0.2, 0.25) is 0 Å². The highest BCUT2D eigenvalue weighted by molar-refractivity contribution is 7.10. The zero-order valence-electron chi connectivity index (χ0n) is 6.93. The molecule has 2 rings (SSSR count). The van der Waals surface area contributed by atoms with Gasteiger partial charge in [-0.15, -0.1) is 11.3 Å². The molecule has 4 heteroatoms. The Balaban J connectivity index is 2.27. The second kappa shape index (κ2) is 3.12. The Labute approximate surface area is 79.6 Å². The summed E-state index contributed by atoms with van der Waals surface area (Å²) >= 11 is 1.32. The lowest BCUT2D eigenvalue weighted by atomic mass is 10.1. The fourth-order valence-electron chi connectivity index (χ4n) is 1.35. The Hall–Kier alpha value is -0.870. The van der Waals surface area contributed by atoms with Crippen LogP contribution in [0.3, 0.4) is 0 Å². The molecule has 0 aliphatic heterocycles. The minimum atomic E-state index is -0.948. The second-order valence-corrected chi connectivity index (χ2v) is 4.23. The van der Waals surface area contributed by atoms with Gasteiger partial charge in [-0.1, -0.05) is 0 Å². The molecular formula is C9H10O3S. The highest BCUT2D eigenvalue weighted by Gasteiger charge is 2.33. The maximum absolute atomic E-state index is 10.7. The molecule has 0 amide bonds. The van der Waals surface area contributed by atoms with E-state index in [4.69, 9.17) is 5.11 Å². The molecule has 0 saturated heterocycles. The molecule has 1 aliphatic rings. The van der Waals surface area contributed by atoms with Crippen molar-refractivity contribution in [3.63, 3.8) is 0 Å². The van der Waals surface area contributed by atoms with Crippen LogP contribution in [0.4, 0.5) is 0 Å². The minimum Gasteiger partial charge on any atom is -0.478 e. The molecule has 0 aromatic carbocycles. The highest BCUT2D eigenvalue weighted by atomic mass is 32.1. The van der Waals surface area contributed by atoms with E-state index in [1.807, 2.05) is 0 Å². The molecule has 1 saturated carbocycles. The van der Waals surface area contributed by atoms with Crippen molar-refractivity contribution >= 4 is 17.3 Å². The van der Waals surface area contributed by atoms with Gasteiger partial charge in [0.25, 0.3) is 0 Å². The van der Waals surface area contributed by atoms with E-state index in [-0.39, 0.29) is 11.5 Å². The quantitative estimate of drug-likeness (QED) is 0.779. The fraction of sp³-hybridized carbons (Fsp3) is 0.444. The predicted octanol–water partition coefficient (Wildman–Crippen LogP) is 1.89.